The van der Waals surface area contributed by atoms with Crippen molar-refractivity contribution in [2.75, 3.05) is 0 Å². The normalized spacial score (nSPS) is 11.9. The van der Waals surface area contributed by atoms with Crippen LogP contribution in [0.2, 0.25) is 0 Å². The van der Waals surface area contributed by atoms with E-state index in [0.29, 0.717) is 6.07 Å². The smallest absolute Gasteiger partial charge is 0.416 e. The molecule has 0 amide bonds. The molecule has 0 unspecified atom stereocenters. The molecule has 2 aromatic rings. The zero-order valence-corrected chi connectivity index (χ0v) is 7.28. The van der Waals surface area contributed by atoms with Gasteiger partial charge in [-0.3, -0.25) is 0 Å². The van der Waals surface area contributed by atoms with Crippen molar-refractivity contribution in [3.05, 3.63) is 30.2 Å². The van der Waals surface area contributed by atoms with E-state index in [0.717, 1.165) is 12.4 Å². The Morgan fingerprint density at radius 2 is 1.93 bits per heavy atom. The third-order valence-corrected chi connectivity index (χ3v) is 1.91. The monoisotopic (exact) mass is 214 g/mol. The number of hydrogen-bond acceptors (Lipinski definition) is 3. The van der Waals surface area contributed by atoms with Crippen LogP contribution in [0.5, 0.6) is 5.75 Å². The minimum atomic E-state index is -4.48. The van der Waals surface area contributed by atoms with Crippen LogP contribution in [0.4, 0.5) is 13.2 Å². The summed E-state index contributed by atoms with van der Waals surface area (Å²) in [6.07, 6.45) is -2.10. The molecule has 0 aliphatic rings. The molecule has 1 aromatic carbocycles. The van der Waals surface area contributed by atoms with Crippen LogP contribution in [0.25, 0.3) is 10.9 Å². The van der Waals surface area contributed by atoms with Crippen LogP contribution < -0.4 is 0 Å². The first-order chi connectivity index (χ1) is 6.98. The number of hydrogen-bond donors (Lipinski definition) is 1. The van der Waals surface area contributed by atoms with Crippen molar-refractivity contribution in [2.24, 2.45) is 0 Å². The highest BCUT2D eigenvalue weighted by molar-refractivity contribution is 5.84. The molecule has 0 radical (unpaired) electrons. The highest BCUT2D eigenvalue weighted by Crippen LogP contribution is 2.34. The Hall–Kier alpha value is -1.85. The van der Waals surface area contributed by atoms with Gasteiger partial charge in [0.15, 0.2) is 0 Å². The van der Waals surface area contributed by atoms with Gasteiger partial charge >= 0.3 is 6.18 Å². The van der Waals surface area contributed by atoms with Crippen molar-refractivity contribution in [2.45, 2.75) is 6.18 Å². The maximum Gasteiger partial charge on any atom is 0.416 e. The van der Waals surface area contributed by atoms with Crippen LogP contribution in [0.3, 0.4) is 0 Å². The fourth-order valence-corrected chi connectivity index (χ4v) is 1.25. The molecule has 0 saturated carbocycles. The molecule has 2 rings (SSSR count). The van der Waals surface area contributed by atoms with Crippen LogP contribution >= 0.6 is 0 Å². The summed E-state index contributed by atoms with van der Waals surface area (Å²) in [5.74, 6) is -0.498. The summed E-state index contributed by atoms with van der Waals surface area (Å²) in [6, 6.07) is 1.55. The summed E-state index contributed by atoms with van der Waals surface area (Å²) in [5, 5.41) is 9.48. The Bertz CT molecular complexity index is 510. The summed E-state index contributed by atoms with van der Waals surface area (Å²) in [7, 11) is 0. The number of alkyl halides is 3. The molecule has 0 fully saturated rings. The predicted molar refractivity (Wildman–Crippen MR) is 46.2 cm³/mol. The molecule has 0 atom stereocenters. The van der Waals surface area contributed by atoms with Gasteiger partial charge in [-0.25, -0.2) is 9.97 Å². The van der Waals surface area contributed by atoms with Crippen LogP contribution in [0.1, 0.15) is 5.56 Å². The molecule has 6 heteroatoms. The van der Waals surface area contributed by atoms with E-state index < -0.39 is 17.5 Å². The lowest BCUT2D eigenvalue weighted by Crippen LogP contribution is -2.04. The Balaban J connectivity index is 2.73. The molecule has 1 aromatic heterocycles. The number of fused-ring (bicyclic) bond motifs is 1. The summed E-state index contributed by atoms with van der Waals surface area (Å²) in [6.45, 7) is 0. The lowest BCUT2D eigenvalue weighted by atomic mass is 10.1. The van der Waals surface area contributed by atoms with E-state index in [2.05, 4.69) is 9.97 Å². The molecular weight excluding hydrogens is 209 g/mol. The van der Waals surface area contributed by atoms with Crippen LogP contribution in [0.15, 0.2) is 24.7 Å². The van der Waals surface area contributed by atoms with Crippen molar-refractivity contribution < 1.29 is 18.3 Å². The first-order valence-corrected chi connectivity index (χ1v) is 3.98. The number of phenolic OH excluding ortho intramolecular Hbond substituents is 1. The second kappa shape index (κ2) is 3.08. The minimum absolute atomic E-state index is 0.109. The second-order valence-corrected chi connectivity index (χ2v) is 2.95. The topological polar surface area (TPSA) is 46.0 Å². The third-order valence-electron chi connectivity index (χ3n) is 1.91. The maximum absolute atomic E-state index is 12.3. The van der Waals surface area contributed by atoms with E-state index in [1.807, 2.05) is 0 Å². The lowest BCUT2D eigenvalue weighted by molar-refractivity contribution is -0.137. The van der Waals surface area contributed by atoms with Gasteiger partial charge in [-0.05, 0) is 12.1 Å². The van der Waals surface area contributed by atoms with Gasteiger partial charge in [-0.1, -0.05) is 0 Å². The molecule has 0 aliphatic heterocycles. The molecule has 78 valence electrons. The first kappa shape index (κ1) is 9.70. The van der Waals surface area contributed by atoms with E-state index >= 15 is 0 Å². The van der Waals surface area contributed by atoms with Crippen molar-refractivity contribution in [3.63, 3.8) is 0 Å². The molecule has 0 aliphatic carbocycles. The van der Waals surface area contributed by atoms with E-state index in [4.69, 9.17) is 0 Å². The number of halogens is 3. The quantitative estimate of drug-likeness (QED) is 0.732. The van der Waals surface area contributed by atoms with E-state index in [1.54, 1.807) is 0 Å². The number of phenols is 1. The van der Waals surface area contributed by atoms with Crippen LogP contribution in [-0.4, -0.2) is 15.1 Å². The molecule has 3 nitrogen and oxygen atoms in total. The van der Waals surface area contributed by atoms with Gasteiger partial charge in [0.05, 0.1) is 5.56 Å². The highest BCUT2D eigenvalue weighted by Gasteiger charge is 2.31. The summed E-state index contributed by atoms with van der Waals surface area (Å²) in [5.41, 5.74) is -0.805. The fourth-order valence-electron chi connectivity index (χ4n) is 1.25. The van der Waals surface area contributed by atoms with Gasteiger partial charge in [-0.15, -0.1) is 0 Å². The zero-order chi connectivity index (χ0) is 11.1. The van der Waals surface area contributed by atoms with Crippen molar-refractivity contribution in [3.8, 4) is 5.75 Å². The van der Waals surface area contributed by atoms with E-state index in [1.165, 1.54) is 6.20 Å². The number of aromatic nitrogens is 2. The minimum Gasteiger partial charge on any atom is -0.506 e. The zero-order valence-electron chi connectivity index (χ0n) is 7.28. The van der Waals surface area contributed by atoms with Gasteiger partial charge in [0.25, 0.3) is 0 Å². The molecule has 1 heterocycles. The van der Waals surface area contributed by atoms with Crippen LogP contribution in [-0.2, 0) is 6.18 Å². The third kappa shape index (κ3) is 1.70. The summed E-state index contributed by atoms with van der Waals surface area (Å²) in [4.78, 5) is 7.26. The largest absolute Gasteiger partial charge is 0.506 e. The molecule has 15 heavy (non-hydrogen) atoms. The van der Waals surface area contributed by atoms with E-state index in [9.17, 15) is 18.3 Å². The van der Waals surface area contributed by atoms with Crippen molar-refractivity contribution in [1.29, 1.82) is 0 Å². The second-order valence-electron chi connectivity index (χ2n) is 2.95. The Morgan fingerprint density at radius 1 is 1.20 bits per heavy atom. The van der Waals surface area contributed by atoms with Gasteiger partial charge in [0.1, 0.15) is 17.6 Å². The first-order valence-electron chi connectivity index (χ1n) is 3.98. The SMILES string of the molecule is Oc1cc(C(F)(F)F)cc2cncnc12. The Kier molecular flexibility index (Phi) is 1.99. The van der Waals surface area contributed by atoms with Crippen molar-refractivity contribution in [1.82, 2.24) is 9.97 Å². The van der Waals surface area contributed by atoms with Crippen LogP contribution in [0, 0.1) is 0 Å². The summed E-state index contributed by atoms with van der Waals surface area (Å²) >= 11 is 0. The predicted octanol–water partition coefficient (Wildman–Crippen LogP) is 2.35. The van der Waals surface area contributed by atoms with Gasteiger partial charge in [0.2, 0.25) is 0 Å². The fraction of sp³-hybridized carbons (Fsp3) is 0.111. The summed E-state index contributed by atoms with van der Waals surface area (Å²) < 4.78 is 37.0. The average molecular weight is 214 g/mol. The number of aromatic hydroxyl groups is 1. The number of rotatable bonds is 0. The van der Waals surface area contributed by atoms with Gasteiger partial charge in [-0.2, -0.15) is 13.2 Å². The molecule has 0 spiro atoms. The van der Waals surface area contributed by atoms with Gasteiger partial charge in [0, 0.05) is 11.6 Å². The molecule has 0 bridgehead atoms. The standard InChI is InChI=1S/C9H5F3N2O/c10-9(11,12)6-1-5-3-13-4-14-8(5)7(15)2-6/h1-4,15H. The molecular formula is C9H5F3N2O. The molecule has 0 saturated heterocycles. The lowest BCUT2D eigenvalue weighted by Gasteiger charge is -2.08. The Morgan fingerprint density at radius 3 is 2.60 bits per heavy atom. The average Bonchev–Trinajstić information content (AvgIpc) is 2.16. The number of benzene rings is 1. The number of nitrogens with zero attached hydrogens (tertiary/aromatic N) is 2. The van der Waals surface area contributed by atoms with Gasteiger partial charge < -0.3 is 5.11 Å². The van der Waals surface area contributed by atoms with Crippen molar-refractivity contribution >= 4 is 10.9 Å². The van der Waals surface area contributed by atoms with E-state index in [-0.39, 0.29) is 10.9 Å². The molecule has 1 N–H and O–H groups in total. The maximum atomic E-state index is 12.3. The Labute approximate surface area is 82.2 Å². The highest BCUT2D eigenvalue weighted by atomic mass is 19.4.